The molecular weight excluding hydrogens is 312 g/mol. The maximum atomic E-state index is 12.3. The lowest BCUT2D eigenvalue weighted by molar-refractivity contribution is -0.127. The van der Waals surface area contributed by atoms with E-state index in [0.717, 1.165) is 44.9 Å². The smallest absolute Gasteiger partial charge is 0.216 e. The van der Waals surface area contributed by atoms with Crippen LogP contribution in [0, 0.1) is 5.41 Å². The largest absolute Gasteiger partial charge is 0.381 e. The molecule has 2 unspecified atom stereocenters. The molecule has 2 saturated carbocycles. The van der Waals surface area contributed by atoms with E-state index in [1.165, 1.54) is 0 Å². The second-order valence-electron chi connectivity index (χ2n) is 7.54. The van der Waals surface area contributed by atoms with E-state index in [0.29, 0.717) is 31.3 Å². The first-order valence-corrected chi connectivity index (χ1v) is 10.8. The van der Waals surface area contributed by atoms with Crippen LogP contribution < -0.4 is 5.32 Å². The summed E-state index contributed by atoms with van der Waals surface area (Å²) >= 11 is 0. The molecule has 0 bridgehead atoms. The molecule has 2 aliphatic carbocycles. The molecular formula is C17H32N2O3S. The lowest BCUT2D eigenvalue weighted by Crippen LogP contribution is -2.65. The van der Waals surface area contributed by atoms with Crippen molar-refractivity contribution in [3.8, 4) is 0 Å². The Morgan fingerprint density at radius 2 is 1.74 bits per heavy atom. The molecule has 0 radical (unpaired) electrons. The lowest BCUT2D eigenvalue weighted by atomic mass is 9.58. The van der Waals surface area contributed by atoms with Crippen LogP contribution in [0.2, 0.25) is 0 Å². The van der Waals surface area contributed by atoms with Gasteiger partial charge in [-0.25, -0.2) is 12.7 Å². The van der Waals surface area contributed by atoms with Gasteiger partial charge in [0.2, 0.25) is 10.0 Å². The molecule has 23 heavy (non-hydrogen) atoms. The van der Waals surface area contributed by atoms with Crippen LogP contribution in [-0.4, -0.2) is 56.4 Å². The molecule has 3 aliphatic rings. The Morgan fingerprint density at radius 1 is 1.13 bits per heavy atom. The molecule has 1 heterocycles. The van der Waals surface area contributed by atoms with Gasteiger partial charge < -0.3 is 10.1 Å². The highest BCUT2D eigenvalue weighted by molar-refractivity contribution is 7.90. The second-order valence-corrected chi connectivity index (χ2v) is 9.75. The van der Waals surface area contributed by atoms with Crippen molar-refractivity contribution >= 4 is 10.0 Å². The fourth-order valence-corrected chi connectivity index (χ4v) is 6.52. The minimum absolute atomic E-state index is 0.0751. The SMILES string of the molecule is CCC1(CC)C(NC2CCN(S(=O)(=O)C3CC3)CC2)CC1OC. The number of hydrogen-bond acceptors (Lipinski definition) is 4. The third-order valence-corrected chi connectivity index (χ3v) is 8.98. The van der Waals surface area contributed by atoms with Crippen LogP contribution in [0.15, 0.2) is 0 Å². The average Bonchev–Trinajstić information content (AvgIpc) is 3.38. The van der Waals surface area contributed by atoms with E-state index in [1.54, 1.807) is 4.31 Å². The zero-order valence-electron chi connectivity index (χ0n) is 14.8. The van der Waals surface area contributed by atoms with E-state index < -0.39 is 10.0 Å². The molecule has 0 aromatic rings. The predicted molar refractivity (Wildman–Crippen MR) is 91.9 cm³/mol. The normalized spacial score (nSPS) is 32.7. The summed E-state index contributed by atoms with van der Waals surface area (Å²) in [7, 11) is -1.17. The predicted octanol–water partition coefficient (Wildman–Crippen LogP) is 2.13. The number of nitrogens with one attached hydrogen (secondary N) is 1. The highest BCUT2D eigenvalue weighted by Crippen LogP contribution is 2.49. The van der Waals surface area contributed by atoms with Gasteiger partial charge in [0.1, 0.15) is 0 Å². The van der Waals surface area contributed by atoms with Crippen LogP contribution in [0.5, 0.6) is 0 Å². The molecule has 1 saturated heterocycles. The molecule has 6 heteroatoms. The Labute approximate surface area is 141 Å². The molecule has 0 aromatic carbocycles. The van der Waals surface area contributed by atoms with Gasteiger partial charge in [0.05, 0.1) is 11.4 Å². The Kier molecular flexibility index (Phi) is 5.08. The summed E-state index contributed by atoms with van der Waals surface area (Å²) in [6, 6.07) is 0.958. The molecule has 0 amide bonds. The minimum atomic E-state index is -2.99. The average molecular weight is 345 g/mol. The van der Waals surface area contributed by atoms with Crippen molar-refractivity contribution in [1.29, 1.82) is 0 Å². The molecule has 0 spiro atoms. The van der Waals surface area contributed by atoms with Crippen molar-refractivity contribution in [2.45, 2.75) is 82.2 Å². The van der Waals surface area contributed by atoms with Gasteiger partial charge in [0.25, 0.3) is 0 Å². The second kappa shape index (κ2) is 6.62. The maximum absolute atomic E-state index is 12.3. The van der Waals surface area contributed by atoms with Gasteiger partial charge in [-0.2, -0.15) is 0 Å². The van der Waals surface area contributed by atoms with Crippen LogP contribution >= 0.6 is 0 Å². The number of hydrogen-bond donors (Lipinski definition) is 1. The van der Waals surface area contributed by atoms with E-state index in [9.17, 15) is 8.42 Å². The third-order valence-electron chi connectivity index (χ3n) is 6.58. The van der Waals surface area contributed by atoms with Crippen LogP contribution in [0.1, 0.15) is 58.8 Å². The molecule has 5 nitrogen and oxygen atoms in total. The summed E-state index contributed by atoms with van der Waals surface area (Å²) in [6.07, 6.45) is 7.30. The first-order chi connectivity index (χ1) is 11.0. The first-order valence-electron chi connectivity index (χ1n) is 9.25. The Balaban J connectivity index is 1.53. The number of ether oxygens (including phenoxy) is 1. The minimum Gasteiger partial charge on any atom is -0.381 e. The molecule has 1 aliphatic heterocycles. The number of sulfonamides is 1. The van der Waals surface area contributed by atoms with Crippen LogP contribution in [0.4, 0.5) is 0 Å². The fraction of sp³-hybridized carbons (Fsp3) is 1.00. The van der Waals surface area contributed by atoms with Crippen LogP contribution in [-0.2, 0) is 14.8 Å². The zero-order chi connectivity index (χ0) is 16.7. The number of nitrogens with zero attached hydrogens (tertiary/aromatic N) is 1. The van der Waals surface area contributed by atoms with Crippen molar-refractivity contribution in [1.82, 2.24) is 9.62 Å². The monoisotopic (exact) mass is 344 g/mol. The van der Waals surface area contributed by atoms with Gasteiger partial charge in [0.15, 0.2) is 0 Å². The van der Waals surface area contributed by atoms with Crippen molar-refractivity contribution in [3.05, 3.63) is 0 Å². The molecule has 134 valence electrons. The summed E-state index contributed by atoms with van der Waals surface area (Å²) in [5, 5.41) is 3.75. The van der Waals surface area contributed by atoms with Gasteiger partial charge in [-0.05, 0) is 44.9 Å². The summed E-state index contributed by atoms with van der Waals surface area (Å²) in [5.41, 5.74) is 0.256. The Hall–Kier alpha value is -0.170. The lowest BCUT2D eigenvalue weighted by Gasteiger charge is -2.56. The van der Waals surface area contributed by atoms with Gasteiger partial charge in [-0.15, -0.1) is 0 Å². The van der Waals surface area contributed by atoms with E-state index >= 15 is 0 Å². The third kappa shape index (κ3) is 3.08. The molecule has 2 atom stereocenters. The van der Waals surface area contributed by atoms with Crippen molar-refractivity contribution in [2.24, 2.45) is 5.41 Å². The molecule has 3 rings (SSSR count). The zero-order valence-corrected chi connectivity index (χ0v) is 15.6. The van der Waals surface area contributed by atoms with Crippen LogP contribution in [0.3, 0.4) is 0 Å². The number of methoxy groups -OCH3 is 1. The van der Waals surface area contributed by atoms with Gasteiger partial charge in [0, 0.05) is 37.7 Å². The standard InChI is InChI=1S/C17H32N2O3S/c1-4-17(5-2)15(12-16(17)22-3)18-13-8-10-19(11-9-13)23(20,21)14-6-7-14/h13-16,18H,4-12H2,1-3H3. The summed E-state index contributed by atoms with van der Waals surface area (Å²) < 4.78 is 32.0. The van der Waals surface area contributed by atoms with E-state index in [2.05, 4.69) is 19.2 Å². The highest BCUT2D eigenvalue weighted by Gasteiger charge is 2.53. The van der Waals surface area contributed by atoms with E-state index in [-0.39, 0.29) is 10.7 Å². The Bertz CT molecular complexity index is 506. The summed E-state index contributed by atoms with van der Waals surface area (Å²) in [5.74, 6) is 0. The number of piperidine rings is 1. The highest BCUT2D eigenvalue weighted by atomic mass is 32.2. The molecule has 0 aromatic heterocycles. The van der Waals surface area contributed by atoms with Crippen molar-refractivity contribution in [2.75, 3.05) is 20.2 Å². The van der Waals surface area contributed by atoms with E-state index in [1.807, 2.05) is 7.11 Å². The Morgan fingerprint density at radius 3 is 2.22 bits per heavy atom. The number of rotatable bonds is 7. The van der Waals surface area contributed by atoms with Crippen molar-refractivity contribution < 1.29 is 13.2 Å². The van der Waals surface area contributed by atoms with Gasteiger partial charge >= 0.3 is 0 Å². The van der Waals surface area contributed by atoms with Crippen molar-refractivity contribution in [3.63, 3.8) is 0 Å². The quantitative estimate of drug-likeness (QED) is 0.769. The summed E-state index contributed by atoms with van der Waals surface area (Å²) in [6.45, 7) is 5.88. The molecule has 1 N–H and O–H groups in total. The van der Waals surface area contributed by atoms with E-state index in [4.69, 9.17) is 4.74 Å². The van der Waals surface area contributed by atoms with Crippen LogP contribution in [0.25, 0.3) is 0 Å². The summed E-state index contributed by atoms with van der Waals surface area (Å²) in [4.78, 5) is 0. The fourth-order valence-electron chi connectivity index (χ4n) is 4.65. The molecule has 3 fully saturated rings. The van der Waals surface area contributed by atoms with Gasteiger partial charge in [-0.3, -0.25) is 0 Å². The van der Waals surface area contributed by atoms with Gasteiger partial charge in [-0.1, -0.05) is 13.8 Å². The topological polar surface area (TPSA) is 58.6 Å². The maximum Gasteiger partial charge on any atom is 0.216 e. The first kappa shape index (κ1) is 17.6.